The number of nitrogens with zero attached hydrogens (tertiary/aromatic N) is 2. The number of carbonyl (C=O) groups excluding carboxylic acids is 2. The van der Waals surface area contributed by atoms with Gasteiger partial charge in [-0.15, -0.1) is 11.8 Å². The zero-order chi connectivity index (χ0) is 31.2. The fourth-order valence-corrected chi connectivity index (χ4v) is 6.61. The maximum Gasteiger partial charge on any atom is 0.264 e. The number of rotatable bonds is 11. The Morgan fingerprint density at radius 3 is 2.12 bits per heavy atom. The van der Waals surface area contributed by atoms with E-state index in [1.54, 1.807) is 61.5 Å². The second-order valence-corrected chi connectivity index (χ2v) is 14.5. The summed E-state index contributed by atoms with van der Waals surface area (Å²) in [6.07, 6.45) is 2.20. The van der Waals surface area contributed by atoms with Crippen molar-refractivity contribution in [1.29, 1.82) is 0 Å². The van der Waals surface area contributed by atoms with Crippen molar-refractivity contribution in [3.05, 3.63) is 87.9 Å². The lowest BCUT2D eigenvalue weighted by atomic mass is 10.1. The third kappa shape index (κ3) is 8.66. The average molecular weight is 651 g/mol. The van der Waals surface area contributed by atoms with E-state index in [2.05, 4.69) is 5.32 Å². The standard InChI is InChI=1S/C31H37Cl2N3O4S2/c1-7-28(30(38)34-31(3,4)5)35(19-22-10-11-23(32)18-27(22)33)29(37)20-36(24-12-8-21(2)9-13-24)42(39,40)26-16-14-25(41-6)15-17-26/h8-18,28H,7,19-20H2,1-6H3,(H,34,38)/t28-/m0/s1. The maximum atomic E-state index is 14.2. The van der Waals surface area contributed by atoms with E-state index in [1.807, 2.05) is 34.0 Å². The molecule has 0 unspecified atom stereocenters. The molecule has 42 heavy (non-hydrogen) atoms. The highest BCUT2D eigenvalue weighted by atomic mass is 35.5. The van der Waals surface area contributed by atoms with Crippen LogP contribution >= 0.6 is 35.0 Å². The predicted octanol–water partition coefficient (Wildman–Crippen LogP) is 6.94. The number of thioether (sulfide) groups is 1. The maximum absolute atomic E-state index is 14.2. The fourth-order valence-electron chi connectivity index (χ4n) is 4.32. The molecule has 1 N–H and O–H groups in total. The summed E-state index contributed by atoms with van der Waals surface area (Å²) in [6.45, 7) is 8.72. The van der Waals surface area contributed by atoms with Gasteiger partial charge >= 0.3 is 0 Å². The fraction of sp³-hybridized carbons (Fsp3) is 0.355. The Morgan fingerprint density at radius 2 is 1.60 bits per heavy atom. The molecular weight excluding hydrogens is 613 g/mol. The van der Waals surface area contributed by atoms with Crippen molar-refractivity contribution < 1.29 is 18.0 Å². The van der Waals surface area contributed by atoms with Crippen molar-refractivity contribution >= 4 is 62.5 Å². The second-order valence-electron chi connectivity index (χ2n) is 10.9. The highest BCUT2D eigenvalue weighted by Crippen LogP contribution is 2.28. The SMILES string of the molecule is CC[C@@H](C(=O)NC(C)(C)C)N(Cc1ccc(Cl)cc1Cl)C(=O)CN(c1ccc(C)cc1)S(=O)(=O)c1ccc(SC)cc1. The number of halogens is 2. The van der Waals surface area contributed by atoms with E-state index in [1.165, 1.54) is 28.8 Å². The molecule has 0 saturated carbocycles. The Kier molecular flexibility index (Phi) is 11.4. The largest absolute Gasteiger partial charge is 0.350 e. The topological polar surface area (TPSA) is 86.8 Å². The van der Waals surface area contributed by atoms with Crippen molar-refractivity contribution in [1.82, 2.24) is 10.2 Å². The molecule has 1 atom stereocenters. The second kappa shape index (κ2) is 14.2. The zero-order valence-electron chi connectivity index (χ0n) is 24.6. The molecule has 3 rings (SSSR count). The Bertz CT molecular complexity index is 1510. The minimum absolute atomic E-state index is 0.0187. The molecule has 0 fully saturated rings. The minimum Gasteiger partial charge on any atom is -0.350 e. The van der Waals surface area contributed by atoms with Crippen LogP contribution in [-0.2, 0) is 26.2 Å². The van der Waals surface area contributed by atoms with Crippen LogP contribution in [0.1, 0.15) is 45.2 Å². The normalized spacial score (nSPS) is 12.5. The number of sulfonamides is 1. The van der Waals surface area contributed by atoms with E-state index in [0.717, 1.165) is 14.8 Å². The van der Waals surface area contributed by atoms with Gasteiger partial charge in [-0.25, -0.2) is 8.42 Å². The average Bonchev–Trinajstić information content (AvgIpc) is 2.92. The molecule has 0 aliphatic heterocycles. The lowest BCUT2D eigenvalue weighted by molar-refractivity contribution is -0.141. The van der Waals surface area contributed by atoms with Crippen LogP contribution in [0, 0.1) is 6.92 Å². The number of anilines is 1. The minimum atomic E-state index is -4.16. The quantitative estimate of drug-likeness (QED) is 0.227. The Labute approximate surface area is 263 Å². The van der Waals surface area contributed by atoms with Crippen LogP contribution in [0.4, 0.5) is 5.69 Å². The summed E-state index contributed by atoms with van der Waals surface area (Å²) < 4.78 is 29.1. The molecule has 2 amide bonds. The van der Waals surface area contributed by atoms with Gasteiger partial charge < -0.3 is 10.2 Å². The van der Waals surface area contributed by atoms with Crippen LogP contribution in [0.15, 0.2) is 76.5 Å². The smallest absolute Gasteiger partial charge is 0.264 e. The van der Waals surface area contributed by atoms with Crippen LogP contribution < -0.4 is 9.62 Å². The van der Waals surface area contributed by atoms with Crippen LogP contribution in [0.5, 0.6) is 0 Å². The third-order valence-electron chi connectivity index (χ3n) is 6.49. The lowest BCUT2D eigenvalue weighted by Gasteiger charge is -2.35. The van der Waals surface area contributed by atoms with Gasteiger partial charge in [0.1, 0.15) is 12.6 Å². The molecule has 0 aromatic heterocycles. The van der Waals surface area contributed by atoms with Gasteiger partial charge in [0, 0.05) is 27.0 Å². The lowest BCUT2D eigenvalue weighted by Crippen LogP contribution is -2.55. The monoisotopic (exact) mass is 649 g/mol. The van der Waals surface area contributed by atoms with Crippen molar-refractivity contribution in [2.45, 2.75) is 69.0 Å². The summed E-state index contributed by atoms with van der Waals surface area (Å²) in [4.78, 5) is 30.0. The molecule has 3 aromatic carbocycles. The summed E-state index contributed by atoms with van der Waals surface area (Å²) in [5, 5.41) is 3.72. The van der Waals surface area contributed by atoms with Crippen molar-refractivity contribution in [3.63, 3.8) is 0 Å². The molecule has 0 bridgehead atoms. The van der Waals surface area contributed by atoms with Crippen molar-refractivity contribution in [2.75, 3.05) is 17.1 Å². The van der Waals surface area contributed by atoms with Crippen LogP contribution in [0.25, 0.3) is 0 Å². The molecular formula is C31H37Cl2N3O4S2. The first kappa shape index (κ1) is 33.8. The van der Waals surface area contributed by atoms with E-state index >= 15 is 0 Å². The highest BCUT2D eigenvalue weighted by Gasteiger charge is 2.35. The van der Waals surface area contributed by atoms with Gasteiger partial charge in [0.25, 0.3) is 10.0 Å². The summed E-state index contributed by atoms with van der Waals surface area (Å²) in [7, 11) is -4.16. The van der Waals surface area contributed by atoms with Crippen LogP contribution in [-0.4, -0.2) is 49.5 Å². The summed E-state index contributed by atoms with van der Waals surface area (Å²) in [5.41, 5.74) is 1.31. The van der Waals surface area contributed by atoms with E-state index in [9.17, 15) is 18.0 Å². The van der Waals surface area contributed by atoms with E-state index in [4.69, 9.17) is 23.2 Å². The molecule has 7 nitrogen and oxygen atoms in total. The number of nitrogens with one attached hydrogen (secondary N) is 1. The zero-order valence-corrected chi connectivity index (χ0v) is 27.8. The van der Waals surface area contributed by atoms with Gasteiger partial charge in [-0.05, 0) is 94.5 Å². The van der Waals surface area contributed by atoms with Crippen LogP contribution in [0.2, 0.25) is 10.0 Å². The molecule has 226 valence electrons. The Morgan fingerprint density at radius 1 is 0.976 bits per heavy atom. The first-order valence-electron chi connectivity index (χ1n) is 13.4. The number of hydrogen-bond donors (Lipinski definition) is 1. The number of benzene rings is 3. The summed E-state index contributed by atoms with van der Waals surface area (Å²) in [5.74, 6) is -0.900. The molecule has 0 aliphatic rings. The van der Waals surface area contributed by atoms with Gasteiger partial charge in [0.15, 0.2) is 0 Å². The summed E-state index contributed by atoms with van der Waals surface area (Å²) >= 11 is 14.1. The first-order chi connectivity index (χ1) is 19.7. The molecule has 11 heteroatoms. The number of carbonyl (C=O) groups is 2. The number of amides is 2. The number of aryl methyl sites for hydroxylation is 1. The van der Waals surface area contributed by atoms with Gasteiger partial charge in [0.2, 0.25) is 11.8 Å². The van der Waals surface area contributed by atoms with Gasteiger partial charge in [-0.1, -0.05) is 53.9 Å². The predicted molar refractivity (Wildman–Crippen MR) is 173 cm³/mol. The first-order valence-corrected chi connectivity index (χ1v) is 16.9. The molecule has 0 radical (unpaired) electrons. The summed E-state index contributed by atoms with van der Waals surface area (Å²) in [6, 6.07) is 17.5. The molecule has 0 saturated heterocycles. The molecule has 0 spiro atoms. The molecule has 0 aliphatic carbocycles. The van der Waals surface area contributed by atoms with E-state index in [0.29, 0.717) is 27.7 Å². The Balaban J connectivity index is 2.09. The van der Waals surface area contributed by atoms with Crippen molar-refractivity contribution in [2.24, 2.45) is 0 Å². The molecule has 3 aromatic rings. The van der Waals surface area contributed by atoms with Gasteiger partial charge in [0.05, 0.1) is 10.6 Å². The highest BCUT2D eigenvalue weighted by molar-refractivity contribution is 7.98. The van der Waals surface area contributed by atoms with E-state index in [-0.39, 0.29) is 17.3 Å². The van der Waals surface area contributed by atoms with Crippen LogP contribution in [0.3, 0.4) is 0 Å². The van der Waals surface area contributed by atoms with Crippen molar-refractivity contribution in [3.8, 4) is 0 Å². The van der Waals surface area contributed by atoms with E-state index < -0.39 is 34.1 Å². The number of hydrogen-bond acceptors (Lipinski definition) is 5. The molecule has 0 heterocycles. The Hall–Kier alpha value is -2.72. The third-order valence-corrected chi connectivity index (χ3v) is 9.61. The van der Waals surface area contributed by atoms with Gasteiger partial charge in [-0.2, -0.15) is 0 Å². The van der Waals surface area contributed by atoms with Gasteiger partial charge in [-0.3, -0.25) is 13.9 Å².